The molecule has 2 heterocycles. The first-order valence-corrected chi connectivity index (χ1v) is 4.90. The van der Waals surface area contributed by atoms with E-state index in [2.05, 4.69) is 0 Å². The Hall–Kier alpha value is -2.43. The minimum Gasteiger partial charge on any atom is -0.460 e. The number of aryl methyl sites for hydroxylation is 1. The van der Waals surface area contributed by atoms with Crippen LogP contribution in [-0.2, 0) is 0 Å². The van der Waals surface area contributed by atoms with E-state index in [1.807, 2.05) is 0 Å². The van der Waals surface area contributed by atoms with Crippen molar-refractivity contribution < 1.29 is 18.4 Å². The van der Waals surface area contributed by atoms with Crippen LogP contribution in [0.2, 0.25) is 0 Å². The fraction of sp³-hybridized carbons (Fsp3) is 0.0833. The van der Waals surface area contributed by atoms with Crippen molar-refractivity contribution in [1.29, 1.82) is 0 Å². The smallest absolute Gasteiger partial charge is 0.264 e. The first kappa shape index (κ1) is 9.77. The van der Waals surface area contributed by atoms with E-state index >= 15 is 0 Å². The quantitative estimate of drug-likeness (QED) is 0.582. The van der Waals surface area contributed by atoms with Crippen LogP contribution in [0.3, 0.4) is 0 Å². The average molecular weight is 230 g/mol. The monoisotopic (exact) mass is 230 g/mol. The Balaban J connectivity index is 2.43. The molecule has 2 aromatic heterocycles. The van der Waals surface area contributed by atoms with Crippen LogP contribution in [0.15, 0.2) is 32.2 Å². The van der Waals surface area contributed by atoms with E-state index in [1.165, 1.54) is 25.5 Å². The van der Waals surface area contributed by atoms with Crippen LogP contribution >= 0.6 is 0 Å². The molecule has 0 spiro atoms. The summed E-state index contributed by atoms with van der Waals surface area (Å²) in [4.78, 5) is 35.8. The first-order chi connectivity index (χ1) is 8.11. The number of carbonyl (C=O) groups excluding carboxylic acids is 2. The summed E-state index contributed by atoms with van der Waals surface area (Å²) in [5, 5.41) is 0. The second-order valence-electron chi connectivity index (χ2n) is 3.77. The lowest BCUT2D eigenvalue weighted by molar-refractivity contribution is 0.0932. The number of hydrogen-bond acceptors (Lipinski definition) is 5. The number of carbonyl (C=O) groups is 2. The highest BCUT2D eigenvalue weighted by atomic mass is 16.4. The molecule has 0 N–H and O–H groups in total. The predicted molar refractivity (Wildman–Crippen MR) is 55.3 cm³/mol. The molecule has 5 nitrogen and oxygen atoms in total. The van der Waals surface area contributed by atoms with Gasteiger partial charge in [0, 0.05) is 5.56 Å². The predicted octanol–water partition coefficient (Wildman–Crippen LogP) is 1.32. The summed E-state index contributed by atoms with van der Waals surface area (Å²) >= 11 is 0. The summed E-state index contributed by atoms with van der Waals surface area (Å²) in [5.41, 5.74) is -0.280. The van der Waals surface area contributed by atoms with Gasteiger partial charge < -0.3 is 8.83 Å². The maximum Gasteiger partial charge on any atom is 0.264 e. The Bertz CT molecular complexity index is 717. The number of fused-ring (bicyclic) bond motifs is 2. The minimum absolute atomic E-state index is 0.0745. The number of ketones is 2. The summed E-state index contributed by atoms with van der Waals surface area (Å²) in [6.45, 7) is 1.52. The maximum atomic E-state index is 12.0. The molecule has 0 unspecified atom stereocenters. The zero-order valence-corrected chi connectivity index (χ0v) is 8.77. The Kier molecular flexibility index (Phi) is 1.75. The van der Waals surface area contributed by atoms with E-state index in [4.69, 9.17) is 8.83 Å². The molecular formula is C12H6O5. The largest absolute Gasteiger partial charge is 0.460 e. The third-order valence-corrected chi connectivity index (χ3v) is 2.72. The Labute approximate surface area is 94.7 Å². The normalized spacial score (nSPS) is 13.5. The SMILES string of the molecule is Cc1coc2c(c1=O)C(=O)c1ccoc1C2=O. The van der Waals surface area contributed by atoms with E-state index in [-0.39, 0.29) is 28.2 Å². The molecular weight excluding hydrogens is 224 g/mol. The van der Waals surface area contributed by atoms with Gasteiger partial charge in [-0.25, -0.2) is 0 Å². The number of rotatable bonds is 0. The lowest BCUT2D eigenvalue weighted by Crippen LogP contribution is -2.27. The maximum absolute atomic E-state index is 12.0. The van der Waals surface area contributed by atoms with Crippen molar-refractivity contribution in [3.63, 3.8) is 0 Å². The van der Waals surface area contributed by atoms with Crippen molar-refractivity contribution >= 4 is 11.6 Å². The molecule has 17 heavy (non-hydrogen) atoms. The molecule has 0 aromatic carbocycles. The molecule has 0 saturated heterocycles. The third-order valence-electron chi connectivity index (χ3n) is 2.72. The van der Waals surface area contributed by atoms with Gasteiger partial charge in [0.2, 0.25) is 5.78 Å². The van der Waals surface area contributed by atoms with Crippen molar-refractivity contribution in [2.24, 2.45) is 0 Å². The van der Waals surface area contributed by atoms with Crippen LogP contribution in [0.4, 0.5) is 0 Å². The van der Waals surface area contributed by atoms with Gasteiger partial charge in [0.25, 0.3) is 5.78 Å². The molecule has 1 aliphatic carbocycles. The van der Waals surface area contributed by atoms with Crippen LogP contribution in [0, 0.1) is 6.92 Å². The van der Waals surface area contributed by atoms with Gasteiger partial charge in [-0.15, -0.1) is 0 Å². The van der Waals surface area contributed by atoms with Crippen LogP contribution in [0.1, 0.15) is 37.8 Å². The summed E-state index contributed by atoms with van der Waals surface area (Å²) in [7, 11) is 0. The van der Waals surface area contributed by atoms with Crippen LogP contribution in [-0.4, -0.2) is 11.6 Å². The molecule has 84 valence electrons. The van der Waals surface area contributed by atoms with Gasteiger partial charge in [-0.2, -0.15) is 0 Å². The van der Waals surface area contributed by atoms with E-state index in [0.29, 0.717) is 0 Å². The molecule has 0 radical (unpaired) electrons. The topological polar surface area (TPSA) is 77.5 Å². The molecule has 0 aliphatic heterocycles. The van der Waals surface area contributed by atoms with Gasteiger partial charge >= 0.3 is 0 Å². The molecule has 0 saturated carbocycles. The minimum atomic E-state index is -0.572. The van der Waals surface area contributed by atoms with E-state index in [9.17, 15) is 14.4 Å². The summed E-state index contributed by atoms with van der Waals surface area (Å²) in [5.74, 6) is -1.42. The van der Waals surface area contributed by atoms with E-state index < -0.39 is 17.0 Å². The van der Waals surface area contributed by atoms with Gasteiger partial charge in [0.15, 0.2) is 16.9 Å². The molecule has 0 atom stereocenters. The molecule has 0 bridgehead atoms. The van der Waals surface area contributed by atoms with Crippen molar-refractivity contribution in [3.8, 4) is 0 Å². The van der Waals surface area contributed by atoms with Crippen molar-refractivity contribution in [2.75, 3.05) is 0 Å². The molecule has 1 aliphatic rings. The van der Waals surface area contributed by atoms with E-state index in [1.54, 1.807) is 0 Å². The zero-order chi connectivity index (χ0) is 12.2. The van der Waals surface area contributed by atoms with Crippen molar-refractivity contribution in [2.45, 2.75) is 6.92 Å². The molecule has 0 amide bonds. The second kappa shape index (κ2) is 3.04. The first-order valence-electron chi connectivity index (χ1n) is 4.90. The van der Waals surface area contributed by atoms with Crippen LogP contribution in [0.5, 0.6) is 0 Å². The van der Waals surface area contributed by atoms with Gasteiger partial charge in [-0.05, 0) is 13.0 Å². The summed E-state index contributed by atoms with van der Waals surface area (Å²) in [6, 6.07) is 1.38. The zero-order valence-electron chi connectivity index (χ0n) is 8.77. The highest BCUT2D eigenvalue weighted by Gasteiger charge is 2.36. The van der Waals surface area contributed by atoms with Crippen LogP contribution in [0.25, 0.3) is 0 Å². The van der Waals surface area contributed by atoms with Crippen molar-refractivity contribution in [1.82, 2.24) is 0 Å². The lowest BCUT2D eigenvalue weighted by Gasteiger charge is -2.10. The van der Waals surface area contributed by atoms with Crippen molar-refractivity contribution in [3.05, 3.63) is 57.0 Å². The molecule has 5 heteroatoms. The number of hydrogen-bond donors (Lipinski definition) is 0. The summed E-state index contributed by atoms with van der Waals surface area (Å²) in [6.07, 6.45) is 2.41. The second-order valence-corrected chi connectivity index (χ2v) is 3.77. The average Bonchev–Trinajstić information content (AvgIpc) is 2.79. The Morgan fingerprint density at radius 3 is 2.53 bits per heavy atom. The molecule has 2 aromatic rings. The summed E-state index contributed by atoms with van der Waals surface area (Å²) < 4.78 is 9.97. The van der Waals surface area contributed by atoms with Crippen LogP contribution < -0.4 is 5.43 Å². The van der Waals surface area contributed by atoms with Gasteiger partial charge in [-0.3, -0.25) is 14.4 Å². The van der Waals surface area contributed by atoms with E-state index in [0.717, 1.165) is 0 Å². The Morgan fingerprint density at radius 1 is 1.00 bits per heavy atom. The third kappa shape index (κ3) is 1.10. The standard InChI is InChI=1S/C12H6O5/c1-5-4-17-12-7(8(5)13)9(14)6-2-3-16-11(6)10(12)15/h2-4H,1H3. The highest BCUT2D eigenvalue weighted by Crippen LogP contribution is 2.26. The lowest BCUT2D eigenvalue weighted by atomic mass is 9.92. The Morgan fingerprint density at radius 2 is 1.76 bits per heavy atom. The fourth-order valence-electron chi connectivity index (χ4n) is 1.84. The molecule has 3 rings (SSSR count). The number of furan rings is 1. The van der Waals surface area contributed by atoms with Gasteiger partial charge in [0.1, 0.15) is 5.56 Å². The van der Waals surface area contributed by atoms with Gasteiger partial charge in [-0.1, -0.05) is 0 Å². The highest BCUT2D eigenvalue weighted by molar-refractivity contribution is 6.26. The molecule has 0 fully saturated rings. The fourth-order valence-corrected chi connectivity index (χ4v) is 1.84. The van der Waals surface area contributed by atoms with Gasteiger partial charge in [0.05, 0.1) is 18.1 Å².